The maximum Gasteiger partial charge on any atom is 0.151 e. The van der Waals surface area contributed by atoms with Crippen molar-refractivity contribution in [2.45, 2.75) is 49.2 Å². The lowest BCUT2D eigenvalue weighted by atomic mass is 9.76. The fraction of sp³-hybridized carbons (Fsp3) is 0.667. The Labute approximate surface area is 157 Å². The van der Waals surface area contributed by atoms with E-state index in [0.717, 1.165) is 32.5 Å². The SMILES string of the molecule is Nc1ncnn2c(C3O[C@H](CN4CCC45CCNCC5)[C@@H](O)C3O)ccc12. The Morgan fingerprint density at radius 1 is 1.22 bits per heavy atom. The van der Waals surface area contributed by atoms with E-state index in [-0.39, 0.29) is 5.54 Å². The Bertz CT molecular complexity index is 836. The molecule has 0 saturated carbocycles. The summed E-state index contributed by atoms with van der Waals surface area (Å²) in [6, 6.07) is 3.63. The molecule has 27 heavy (non-hydrogen) atoms. The summed E-state index contributed by atoms with van der Waals surface area (Å²) in [5, 5.41) is 28.9. The summed E-state index contributed by atoms with van der Waals surface area (Å²) < 4.78 is 7.77. The van der Waals surface area contributed by atoms with Gasteiger partial charge in [-0.3, -0.25) is 4.90 Å². The summed E-state index contributed by atoms with van der Waals surface area (Å²) >= 11 is 0. The number of hydrogen-bond donors (Lipinski definition) is 4. The molecule has 9 nitrogen and oxygen atoms in total. The fourth-order valence-corrected chi connectivity index (χ4v) is 4.88. The van der Waals surface area contributed by atoms with Crippen molar-refractivity contribution in [3.8, 4) is 0 Å². The number of piperidine rings is 1. The third kappa shape index (κ3) is 2.65. The van der Waals surface area contributed by atoms with Gasteiger partial charge in [-0.25, -0.2) is 9.50 Å². The Balaban J connectivity index is 1.35. The molecule has 0 aromatic carbocycles. The molecule has 0 radical (unpaired) electrons. The minimum atomic E-state index is -1.01. The van der Waals surface area contributed by atoms with Crippen molar-refractivity contribution in [1.29, 1.82) is 0 Å². The number of aromatic nitrogens is 3. The third-order valence-electron chi connectivity index (χ3n) is 6.62. The van der Waals surface area contributed by atoms with Crippen LogP contribution in [0, 0.1) is 0 Å². The molecular weight excluding hydrogens is 348 g/mol. The first kappa shape index (κ1) is 17.3. The topological polar surface area (TPSA) is 121 Å². The largest absolute Gasteiger partial charge is 0.388 e. The first-order chi connectivity index (χ1) is 13.1. The van der Waals surface area contributed by atoms with Crippen LogP contribution in [0.1, 0.15) is 31.1 Å². The highest BCUT2D eigenvalue weighted by Gasteiger charge is 2.50. The number of nitrogens with two attached hydrogens (primary N) is 1. The fourth-order valence-electron chi connectivity index (χ4n) is 4.88. The zero-order chi connectivity index (χ0) is 18.6. The average Bonchev–Trinajstić information content (AvgIpc) is 3.23. The summed E-state index contributed by atoms with van der Waals surface area (Å²) in [4.78, 5) is 6.41. The quantitative estimate of drug-likeness (QED) is 0.557. The number of nitrogen functional groups attached to an aromatic ring is 1. The lowest BCUT2D eigenvalue weighted by Crippen LogP contribution is -2.65. The van der Waals surface area contributed by atoms with Crippen LogP contribution in [-0.4, -0.2) is 79.7 Å². The number of nitrogens with zero attached hydrogens (tertiary/aromatic N) is 4. The molecule has 5 rings (SSSR count). The van der Waals surface area contributed by atoms with Crippen molar-refractivity contribution in [2.24, 2.45) is 0 Å². The second-order valence-electron chi connectivity index (χ2n) is 7.95. The number of nitrogens with one attached hydrogen (secondary N) is 1. The monoisotopic (exact) mass is 374 g/mol. The van der Waals surface area contributed by atoms with Crippen LogP contribution in [-0.2, 0) is 4.74 Å². The molecule has 5 N–H and O–H groups in total. The van der Waals surface area contributed by atoms with Gasteiger partial charge in [-0.1, -0.05) is 0 Å². The number of aliphatic hydroxyl groups excluding tert-OH is 2. The molecule has 4 atom stereocenters. The van der Waals surface area contributed by atoms with E-state index in [4.69, 9.17) is 10.5 Å². The van der Waals surface area contributed by atoms with Gasteiger partial charge in [0.2, 0.25) is 0 Å². The molecular formula is C18H26N6O3. The van der Waals surface area contributed by atoms with Crippen molar-refractivity contribution in [3.05, 3.63) is 24.2 Å². The molecule has 3 aliphatic heterocycles. The second-order valence-corrected chi connectivity index (χ2v) is 7.95. The molecule has 3 saturated heterocycles. The molecule has 3 aliphatic rings. The van der Waals surface area contributed by atoms with Crippen LogP contribution in [0.2, 0.25) is 0 Å². The van der Waals surface area contributed by atoms with E-state index in [0.29, 0.717) is 23.6 Å². The molecule has 2 unspecified atom stereocenters. The van der Waals surface area contributed by atoms with Crippen LogP contribution >= 0.6 is 0 Å². The highest BCUT2D eigenvalue weighted by Crippen LogP contribution is 2.41. The maximum absolute atomic E-state index is 10.6. The van der Waals surface area contributed by atoms with Gasteiger partial charge in [-0.05, 0) is 44.5 Å². The van der Waals surface area contributed by atoms with Gasteiger partial charge in [0.25, 0.3) is 0 Å². The number of rotatable bonds is 3. The zero-order valence-electron chi connectivity index (χ0n) is 15.2. The molecule has 5 heterocycles. The van der Waals surface area contributed by atoms with E-state index in [2.05, 4.69) is 20.3 Å². The molecule has 2 aromatic rings. The number of aliphatic hydroxyl groups is 2. The van der Waals surface area contributed by atoms with Crippen molar-refractivity contribution >= 4 is 11.3 Å². The maximum atomic E-state index is 10.6. The first-order valence-corrected chi connectivity index (χ1v) is 9.65. The minimum absolute atomic E-state index is 0.237. The summed E-state index contributed by atoms with van der Waals surface area (Å²) in [5.41, 5.74) is 7.47. The molecule has 2 aromatic heterocycles. The van der Waals surface area contributed by atoms with Gasteiger partial charge in [-0.15, -0.1) is 0 Å². The predicted octanol–water partition coefficient (Wildman–Crippen LogP) is -0.699. The van der Waals surface area contributed by atoms with Crippen LogP contribution in [0.25, 0.3) is 5.52 Å². The minimum Gasteiger partial charge on any atom is -0.388 e. The standard InChI is InChI=1S/C18H26N6O3/c19-17-12-2-1-11(24(12)22-10-21-17)16-15(26)14(25)13(27-16)9-23-8-5-18(23)3-6-20-7-4-18/h1-2,10,13-16,20,25-26H,3-9H2,(H2,19,21,22)/t13-,14-,15?,16?/m1/s1. The Morgan fingerprint density at radius 3 is 2.78 bits per heavy atom. The molecule has 3 fully saturated rings. The number of anilines is 1. The van der Waals surface area contributed by atoms with Gasteiger partial charge in [-0.2, -0.15) is 5.10 Å². The molecule has 0 aliphatic carbocycles. The van der Waals surface area contributed by atoms with E-state index in [9.17, 15) is 10.2 Å². The van der Waals surface area contributed by atoms with Crippen LogP contribution < -0.4 is 11.1 Å². The summed E-state index contributed by atoms with van der Waals surface area (Å²) in [6.45, 7) is 3.72. The third-order valence-corrected chi connectivity index (χ3v) is 6.62. The smallest absolute Gasteiger partial charge is 0.151 e. The molecule has 9 heteroatoms. The van der Waals surface area contributed by atoms with Gasteiger partial charge in [0.1, 0.15) is 30.2 Å². The number of likely N-dealkylation sites (tertiary alicyclic amines) is 1. The summed E-state index contributed by atoms with van der Waals surface area (Å²) in [5.74, 6) is 0.370. The predicted molar refractivity (Wildman–Crippen MR) is 98.1 cm³/mol. The van der Waals surface area contributed by atoms with E-state index in [1.807, 2.05) is 6.07 Å². The van der Waals surface area contributed by atoms with Gasteiger partial charge >= 0.3 is 0 Å². The first-order valence-electron chi connectivity index (χ1n) is 9.65. The lowest BCUT2D eigenvalue weighted by Gasteiger charge is -2.56. The lowest BCUT2D eigenvalue weighted by molar-refractivity contribution is -0.0886. The Hall–Kier alpha value is -1.78. The highest BCUT2D eigenvalue weighted by atomic mass is 16.5. The van der Waals surface area contributed by atoms with E-state index >= 15 is 0 Å². The van der Waals surface area contributed by atoms with Crippen LogP contribution in [0.3, 0.4) is 0 Å². The summed E-state index contributed by atoms with van der Waals surface area (Å²) in [6.07, 6.45) is 1.82. The number of hydrogen-bond acceptors (Lipinski definition) is 8. The summed E-state index contributed by atoms with van der Waals surface area (Å²) in [7, 11) is 0. The Kier molecular flexibility index (Phi) is 4.10. The van der Waals surface area contributed by atoms with Crippen LogP contribution in [0.15, 0.2) is 18.5 Å². The number of ether oxygens (including phenoxy) is 1. The van der Waals surface area contributed by atoms with Crippen molar-refractivity contribution < 1.29 is 14.9 Å². The van der Waals surface area contributed by atoms with Gasteiger partial charge < -0.3 is 26.0 Å². The van der Waals surface area contributed by atoms with Gasteiger partial charge in [0, 0.05) is 18.6 Å². The Morgan fingerprint density at radius 2 is 2.04 bits per heavy atom. The van der Waals surface area contributed by atoms with E-state index < -0.39 is 24.4 Å². The van der Waals surface area contributed by atoms with Crippen molar-refractivity contribution in [2.75, 3.05) is 31.9 Å². The van der Waals surface area contributed by atoms with Crippen LogP contribution in [0.5, 0.6) is 0 Å². The van der Waals surface area contributed by atoms with Crippen molar-refractivity contribution in [1.82, 2.24) is 24.8 Å². The molecule has 0 bridgehead atoms. The molecule has 146 valence electrons. The number of fused-ring (bicyclic) bond motifs is 1. The van der Waals surface area contributed by atoms with Gasteiger partial charge in [0.05, 0.1) is 11.8 Å². The molecule has 0 amide bonds. The average molecular weight is 374 g/mol. The zero-order valence-corrected chi connectivity index (χ0v) is 15.2. The normalized spacial score (nSPS) is 33.6. The molecule has 1 spiro atoms. The highest BCUT2D eigenvalue weighted by molar-refractivity contribution is 5.65. The van der Waals surface area contributed by atoms with E-state index in [1.165, 1.54) is 12.7 Å². The van der Waals surface area contributed by atoms with Crippen molar-refractivity contribution in [3.63, 3.8) is 0 Å². The van der Waals surface area contributed by atoms with E-state index in [1.54, 1.807) is 10.6 Å². The van der Waals surface area contributed by atoms with Crippen LogP contribution in [0.4, 0.5) is 5.82 Å². The van der Waals surface area contributed by atoms with Gasteiger partial charge in [0.15, 0.2) is 5.82 Å². The second kappa shape index (κ2) is 6.39.